The number of hydrogen-bond donors (Lipinski definition) is 2. The molecule has 0 aromatic heterocycles. The second kappa shape index (κ2) is 11.0. The number of sulfonamides is 1. The Hall–Kier alpha value is -2.38. The SMILES string of the molecule is Cc1cccc(NS(=O)(=O)c2ccc(C)c(C(=O)NCCCCN3CCC(C)CC3)c2)c1. The molecule has 0 radical (unpaired) electrons. The summed E-state index contributed by atoms with van der Waals surface area (Å²) >= 11 is 0. The van der Waals surface area contributed by atoms with Crippen molar-refractivity contribution in [3.8, 4) is 0 Å². The molecule has 3 rings (SSSR count). The molecule has 2 aromatic rings. The number of hydrogen-bond acceptors (Lipinski definition) is 4. The van der Waals surface area contributed by atoms with E-state index in [9.17, 15) is 13.2 Å². The number of amides is 1. The molecule has 1 aliphatic rings. The summed E-state index contributed by atoms with van der Waals surface area (Å²) < 4.78 is 28.2. The number of carbonyl (C=O) groups is 1. The molecule has 0 spiro atoms. The molecule has 7 heteroatoms. The van der Waals surface area contributed by atoms with E-state index in [4.69, 9.17) is 0 Å². The lowest BCUT2D eigenvalue weighted by atomic mass is 9.99. The average Bonchev–Trinajstić information content (AvgIpc) is 2.74. The van der Waals surface area contributed by atoms with Gasteiger partial charge in [0.2, 0.25) is 0 Å². The highest BCUT2D eigenvalue weighted by atomic mass is 32.2. The highest BCUT2D eigenvalue weighted by Gasteiger charge is 2.19. The first kappa shape index (κ1) is 24.3. The number of nitrogens with zero attached hydrogens (tertiary/aromatic N) is 1. The fourth-order valence-electron chi connectivity index (χ4n) is 3.98. The topological polar surface area (TPSA) is 78.5 Å². The van der Waals surface area contributed by atoms with Crippen LogP contribution in [0.5, 0.6) is 0 Å². The van der Waals surface area contributed by atoms with Crippen molar-refractivity contribution in [2.45, 2.75) is 51.3 Å². The number of likely N-dealkylation sites (tertiary alicyclic amines) is 1. The maximum atomic E-state index is 12.8. The van der Waals surface area contributed by atoms with Gasteiger partial charge in [-0.05, 0) is 100 Å². The molecule has 2 aromatic carbocycles. The van der Waals surface area contributed by atoms with Crippen LogP contribution in [0.2, 0.25) is 0 Å². The second-order valence-corrected chi connectivity index (χ2v) is 10.6. The molecule has 1 heterocycles. The molecule has 0 unspecified atom stereocenters. The number of piperidine rings is 1. The molecule has 6 nitrogen and oxygen atoms in total. The standard InChI is InChI=1S/C25H35N3O3S/c1-19-11-15-28(16-12-19)14-5-4-13-26-25(29)24-18-23(10-9-21(24)3)32(30,31)27-22-8-6-7-20(2)17-22/h6-10,17-19,27H,4-5,11-16H2,1-3H3,(H,26,29). The van der Waals surface area contributed by atoms with Crippen molar-refractivity contribution in [1.82, 2.24) is 10.2 Å². The van der Waals surface area contributed by atoms with E-state index in [2.05, 4.69) is 21.9 Å². The van der Waals surface area contributed by atoms with Crippen LogP contribution in [0.15, 0.2) is 47.4 Å². The molecule has 0 bridgehead atoms. The molecule has 1 amide bonds. The lowest BCUT2D eigenvalue weighted by Crippen LogP contribution is -2.34. The van der Waals surface area contributed by atoms with Gasteiger partial charge < -0.3 is 10.2 Å². The molecule has 174 valence electrons. The number of rotatable bonds is 9. The molecular formula is C25H35N3O3S. The first-order chi connectivity index (χ1) is 15.2. The van der Waals surface area contributed by atoms with Crippen LogP contribution in [0, 0.1) is 19.8 Å². The smallest absolute Gasteiger partial charge is 0.261 e. The Morgan fingerprint density at radius 3 is 2.53 bits per heavy atom. The first-order valence-corrected chi connectivity index (χ1v) is 12.9. The fourth-order valence-corrected chi connectivity index (χ4v) is 5.05. The summed E-state index contributed by atoms with van der Waals surface area (Å²) in [4.78, 5) is 15.3. The third-order valence-electron chi connectivity index (χ3n) is 6.10. The quantitative estimate of drug-likeness (QED) is 0.549. The minimum atomic E-state index is -3.78. The number of unbranched alkanes of at least 4 members (excludes halogenated alkanes) is 1. The molecule has 32 heavy (non-hydrogen) atoms. The molecule has 2 N–H and O–H groups in total. The van der Waals surface area contributed by atoms with Crippen LogP contribution in [0.3, 0.4) is 0 Å². The molecule has 1 saturated heterocycles. The van der Waals surface area contributed by atoms with Crippen molar-refractivity contribution in [2.75, 3.05) is 30.9 Å². The lowest BCUT2D eigenvalue weighted by molar-refractivity contribution is 0.0951. The van der Waals surface area contributed by atoms with Gasteiger partial charge in [-0.3, -0.25) is 9.52 Å². The maximum Gasteiger partial charge on any atom is 0.261 e. The second-order valence-electron chi connectivity index (χ2n) is 8.94. The summed E-state index contributed by atoms with van der Waals surface area (Å²) in [5.74, 6) is 0.599. The van der Waals surface area contributed by atoms with Crippen molar-refractivity contribution in [1.29, 1.82) is 0 Å². The van der Waals surface area contributed by atoms with Crippen LogP contribution >= 0.6 is 0 Å². The minimum Gasteiger partial charge on any atom is -0.352 e. The Balaban J connectivity index is 1.54. The van der Waals surface area contributed by atoms with Crippen molar-refractivity contribution in [2.24, 2.45) is 5.92 Å². The highest BCUT2D eigenvalue weighted by Crippen LogP contribution is 2.20. The van der Waals surface area contributed by atoms with Crippen LogP contribution in [0.1, 0.15) is 54.1 Å². The molecule has 0 atom stereocenters. The lowest BCUT2D eigenvalue weighted by Gasteiger charge is -2.30. The number of anilines is 1. The largest absolute Gasteiger partial charge is 0.352 e. The predicted octanol–water partition coefficient (Wildman–Crippen LogP) is 4.35. The Morgan fingerprint density at radius 1 is 1.06 bits per heavy atom. The van der Waals surface area contributed by atoms with E-state index in [1.807, 2.05) is 19.9 Å². The normalized spacial score (nSPS) is 15.5. The summed E-state index contributed by atoms with van der Waals surface area (Å²) in [6, 6.07) is 11.8. The zero-order chi connectivity index (χ0) is 23.1. The van der Waals surface area contributed by atoms with E-state index in [1.165, 1.54) is 38.1 Å². The zero-order valence-electron chi connectivity index (χ0n) is 19.4. The van der Waals surface area contributed by atoms with E-state index in [-0.39, 0.29) is 10.8 Å². The molecule has 0 saturated carbocycles. The van der Waals surface area contributed by atoms with Crippen LogP contribution in [0.25, 0.3) is 0 Å². The van der Waals surface area contributed by atoms with Gasteiger partial charge in [0, 0.05) is 17.8 Å². The van der Waals surface area contributed by atoms with Crippen LogP contribution in [-0.2, 0) is 10.0 Å². The van der Waals surface area contributed by atoms with Gasteiger partial charge in [-0.1, -0.05) is 25.1 Å². The van der Waals surface area contributed by atoms with Gasteiger partial charge in [-0.2, -0.15) is 0 Å². The first-order valence-electron chi connectivity index (χ1n) is 11.5. The van der Waals surface area contributed by atoms with E-state index in [1.54, 1.807) is 24.3 Å². The monoisotopic (exact) mass is 457 g/mol. The number of aryl methyl sites for hydroxylation is 2. The number of carbonyl (C=O) groups excluding carboxylic acids is 1. The molecule has 1 fully saturated rings. The van der Waals surface area contributed by atoms with Gasteiger partial charge in [0.1, 0.15) is 0 Å². The summed E-state index contributed by atoms with van der Waals surface area (Å²) in [5.41, 5.74) is 2.60. The van der Waals surface area contributed by atoms with E-state index < -0.39 is 10.0 Å². The Kier molecular flexibility index (Phi) is 8.32. The summed E-state index contributed by atoms with van der Waals surface area (Å²) in [5, 5.41) is 2.95. The van der Waals surface area contributed by atoms with Crippen molar-refractivity contribution < 1.29 is 13.2 Å². The third-order valence-corrected chi connectivity index (χ3v) is 7.48. The van der Waals surface area contributed by atoms with Crippen molar-refractivity contribution in [3.05, 3.63) is 59.2 Å². The Labute approximate surface area is 192 Å². The van der Waals surface area contributed by atoms with E-state index in [0.29, 0.717) is 17.8 Å². The van der Waals surface area contributed by atoms with E-state index >= 15 is 0 Å². The maximum absolute atomic E-state index is 12.8. The molecule has 1 aliphatic heterocycles. The van der Waals surface area contributed by atoms with Crippen molar-refractivity contribution >= 4 is 21.6 Å². The molecule has 0 aliphatic carbocycles. The Bertz CT molecular complexity index is 1030. The fraction of sp³-hybridized carbons (Fsp3) is 0.480. The Morgan fingerprint density at radius 2 is 1.81 bits per heavy atom. The summed E-state index contributed by atoms with van der Waals surface area (Å²) in [6.07, 6.45) is 4.49. The summed E-state index contributed by atoms with van der Waals surface area (Å²) in [7, 11) is -3.78. The average molecular weight is 458 g/mol. The van der Waals surface area contributed by atoms with Gasteiger partial charge in [-0.15, -0.1) is 0 Å². The number of nitrogens with one attached hydrogen (secondary N) is 2. The van der Waals surface area contributed by atoms with Crippen LogP contribution in [0.4, 0.5) is 5.69 Å². The van der Waals surface area contributed by atoms with Gasteiger partial charge in [0.15, 0.2) is 0 Å². The highest BCUT2D eigenvalue weighted by molar-refractivity contribution is 7.92. The van der Waals surface area contributed by atoms with Gasteiger partial charge >= 0.3 is 0 Å². The third kappa shape index (κ3) is 6.81. The van der Waals surface area contributed by atoms with Gasteiger partial charge in [-0.25, -0.2) is 8.42 Å². The minimum absolute atomic E-state index is 0.0779. The molecular weight excluding hydrogens is 422 g/mol. The van der Waals surface area contributed by atoms with Gasteiger partial charge in [0.05, 0.1) is 4.90 Å². The van der Waals surface area contributed by atoms with Crippen LogP contribution in [-0.4, -0.2) is 45.4 Å². The summed E-state index contributed by atoms with van der Waals surface area (Å²) in [6.45, 7) is 10.0. The van der Waals surface area contributed by atoms with Gasteiger partial charge in [0.25, 0.3) is 15.9 Å². The van der Waals surface area contributed by atoms with E-state index in [0.717, 1.165) is 36.4 Å². The predicted molar refractivity (Wildman–Crippen MR) is 130 cm³/mol. The van der Waals surface area contributed by atoms with Crippen LogP contribution < -0.4 is 10.0 Å². The number of benzene rings is 2. The zero-order valence-corrected chi connectivity index (χ0v) is 20.2. The van der Waals surface area contributed by atoms with Crippen molar-refractivity contribution in [3.63, 3.8) is 0 Å².